The Morgan fingerprint density at radius 2 is 2.00 bits per heavy atom. The van der Waals surface area contributed by atoms with Gasteiger partial charge in [0, 0.05) is 6.42 Å². The Morgan fingerprint density at radius 3 is 2.62 bits per heavy atom. The Bertz CT molecular complexity index is 778. The number of benzene rings is 1. The Hall–Kier alpha value is -2.58. The second-order valence-electron chi connectivity index (χ2n) is 5.35. The largest absolute Gasteiger partial charge is 0.463 e. The lowest BCUT2D eigenvalue weighted by molar-refractivity contribution is -0.148. The minimum atomic E-state index is -4.79. The molecule has 0 saturated heterocycles. The highest BCUT2D eigenvalue weighted by Crippen LogP contribution is 2.29. The van der Waals surface area contributed by atoms with E-state index in [0.717, 1.165) is 0 Å². The van der Waals surface area contributed by atoms with Crippen LogP contribution in [0.3, 0.4) is 0 Å². The molecule has 0 radical (unpaired) electrons. The standard InChI is InChI=1S/C15H16F3N3O3/c1-9(2)24-12(22)8-7-10-5-3-4-6-11(10)21-13(15(16,17)18)19-20-14(21)23/h3-6,9H,7-8H2,1-2H3,(H,20,23). The first-order valence-electron chi connectivity index (χ1n) is 7.22. The molecule has 2 aromatic rings. The van der Waals surface area contributed by atoms with Gasteiger partial charge in [0.25, 0.3) is 0 Å². The fourth-order valence-corrected chi connectivity index (χ4v) is 2.21. The molecule has 1 aromatic carbocycles. The van der Waals surface area contributed by atoms with Crippen LogP contribution in [0.15, 0.2) is 29.1 Å². The van der Waals surface area contributed by atoms with Crippen LogP contribution in [0.5, 0.6) is 0 Å². The number of para-hydroxylation sites is 1. The number of hydrogen-bond donors (Lipinski definition) is 1. The molecule has 0 unspecified atom stereocenters. The number of esters is 1. The molecular weight excluding hydrogens is 327 g/mol. The number of aryl methyl sites for hydroxylation is 1. The highest BCUT2D eigenvalue weighted by Gasteiger charge is 2.38. The molecule has 0 fully saturated rings. The summed E-state index contributed by atoms with van der Waals surface area (Å²) in [7, 11) is 0. The zero-order valence-electron chi connectivity index (χ0n) is 13.1. The number of halogens is 3. The quantitative estimate of drug-likeness (QED) is 0.846. The molecule has 0 spiro atoms. The SMILES string of the molecule is CC(C)OC(=O)CCc1ccccc1-n1c(C(F)(F)F)n[nH]c1=O. The smallest absolute Gasteiger partial charge is 0.452 e. The zero-order chi connectivity index (χ0) is 17.9. The van der Waals surface area contributed by atoms with Crippen molar-refractivity contribution in [1.29, 1.82) is 0 Å². The third-order valence-corrected chi connectivity index (χ3v) is 3.12. The van der Waals surface area contributed by atoms with Crippen LogP contribution in [0.1, 0.15) is 31.7 Å². The topological polar surface area (TPSA) is 77.0 Å². The Balaban J connectivity index is 2.36. The summed E-state index contributed by atoms with van der Waals surface area (Å²) in [6.45, 7) is 3.40. The Morgan fingerprint density at radius 1 is 1.33 bits per heavy atom. The number of aromatic nitrogens is 3. The van der Waals surface area contributed by atoms with E-state index in [1.165, 1.54) is 12.1 Å². The Labute approximate surface area is 135 Å². The number of rotatable bonds is 5. The summed E-state index contributed by atoms with van der Waals surface area (Å²) < 4.78 is 44.5. The van der Waals surface area contributed by atoms with Crippen LogP contribution in [0.25, 0.3) is 5.69 Å². The van der Waals surface area contributed by atoms with Gasteiger partial charge in [-0.2, -0.15) is 13.2 Å². The van der Waals surface area contributed by atoms with Gasteiger partial charge in [-0.05, 0) is 31.9 Å². The number of alkyl halides is 3. The second kappa shape index (κ2) is 6.90. The van der Waals surface area contributed by atoms with E-state index < -0.39 is 23.7 Å². The maximum absolute atomic E-state index is 13.0. The molecule has 6 nitrogen and oxygen atoms in total. The van der Waals surface area contributed by atoms with Gasteiger partial charge in [-0.3, -0.25) is 4.79 Å². The van der Waals surface area contributed by atoms with E-state index in [1.807, 2.05) is 0 Å². The van der Waals surface area contributed by atoms with Crippen molar-refractivity contribution in [3.8, 4) is 5.69 Å². The van der Waals surface area contributed by atoms with E-state index in [-0.39, 0.29) is 24.6 Å². The third kappa shape index (κ3) is 4.03. The molecule has 0 atom stereocenters. The van der Waals surface area contributed by atoms with Crippen LogP contribution in [0.2, 0.25) is 0 Å². The van der Waals surface area contributed by atoms with Gasteiger partial charge in [0.1, 0.15) is 0 Å². The first-order valence-corrected chi connectivity index (χ1v) is 7.22. The number of aromatic amines is 1. The normalized spacial score (nSPS) is 11.8. The molecular formula is C15H16F3N3O3. The number of hydrogen-bond acceptors (Lipinski definition) is 4. The van der Waals surface area contributed by atoms with Crippen molar-refractivity contribution >= 4 is 5.97 Å². The van der Waals surface area contributed by atoms with E-state index in [0.29, 0.717) is 10.1 Å². The molecule has 0 saturated carbocycles. The van der Waals surface area contributed by atoms with Gasteiger partial charge in [-0.25, -0.2) is 14.5 Å². The van der Waals surface area contributed by atoms with Crippen LogP contribution in [0, 0.1) is 0 Å². The molecule has 1 heterocycles. The predicted octanol–water partition coefficient (Wildman–Crippen LogP) is 2.46. The molecule has 0 aliphatic rings. The van der Waals surface area contributed by atoms with Crippen LogP contribution in [0.4, 0.5) is 13.2 Å². The number of carbonyl (C=O) groups is 1. The van der Waals surface area contributed by atoms with Crippen LogP contribution in [-0.2, 0) is 22.1 Å². The van der Waals surface area contributed by atoms with E-state index in [9.17, 15) is 22.8 Å². The van der Waals surface area contributed by atoms with Crippen molar-refractivity contribution in [2.75, 3.05) is 0 Å². The number of carbonyl (C=O) groups excluding carboxylic acids is 1. The second-order valence-corrected chi connectivity index (χ2v) is 5.35. The van der Waals surface area contributed by atoms with Crippen LogP contribution in [-0.4, -0.2) is 26.8 Å². The molecule has 0 bridgehead atoms. The molecule has 9 heteroatoms. The van der Waals surface area contributed by atoms with Crippen molar-refractivity contribution < 1.29 is 22.7 Å². The summed E-state index contributed by atoms with van der Waals surface area (Å²) in [6.07, 6.45) is -4.94. The maximum Gasteiger partial charge on any atom is 0.452 e. The number of H-pyrrole nitrogens is 1. The Kier molecular flexibility index (Phi) is 5.10. The molecule has 0 aliphatic carbocycles. The van der Waals surface area contributed by atoms with Gasteiger partial charge < -0.3 is 4.74 Å². The first kappa shape index (κ1) is 17.8. The average molecular weight is 343 g/mol. The number of nitrogens with one attached hydrogen (secondary N) is 1. The lowest BCUT2D eigenvalue weighted by Gasteiger charge is -2.13. The minimum Gasteiger partial charge on any atom is -0.463 e. The summed E-state index contributed by atoms with van der Waals surface area (Å²) in [5.74, 6) is -1.81. The predicted molar refractivity (Wildman–Crippen MR) is 78.7 cm³/mol. The lowest BCUT2D eigenvalue weighted by atomic mass is 10.1. The molecule has 130 valence electrons. The number of ether oxygens (including phenoxy) is 1. The summed E-state index contributed by atoms with van der Waals surface area (Å²) in [6, 6.07) is 6.04. The van der Waals surface area contributed by atoms with E-state index in [2.05, 4.69) is 5.10 Å². The van der Waals surface area contributed by atoms with Gasteiger partial charge >= 0.3 is 17.8 Å². The van der Waals surface area contributed by atoms with E-state index >= 15 is 0 Å². The maximum atomic E-state index is 13.0. The fraction of sp³-hybridized carbons (Fsp3) is 0.400. The van der Waals surface area contributed by atoms with Gasteiger partial charge in [0.2, 0.25) is 5.82 Å². The van der Waals surface area contributed by atoms with Gasteiger partial charge in [0.05, 0.1) is 11.8 Å². The van der Waals surface area contributed by atoms with Crippen molar-refractivity contribution in [3.05, 3.63) is 46.1 Å². The summed E-state index contributed by atoms with van der Waals surface area (Å²) in [5.41, 5.74) is -0.562. The average Bonchev–Trinajstić information content (AvgIpc) is 2.86. The number of nitrogens with zero attached hydrogens (tertiary/aromatic N) is 2. The molecule has 1 aromatic heterocycles. The first-order chi connectivity index (χ1) is 11.2. The molecule has 0 amide bonds. The molecule has 0 aliphatic heterocycles. The van der Waals surface area contributed by atoms with Gasteiger partial charge in [0.15, 0.2) is 0 Å². The zero-order valence-corrected chi connectivity index (χ0v) is 13.1. The molecule has 2 rings (SSSR count). The monoisotopic (exact) mass is 343 g/mol. The van der Waals surface area contributed by atoms with Crippen LogP contribution >= 0.6 is 0 Å². The van der Waals surface area contributed by atoms with E-state index in [1.54, 1.807) is 31.1 Å². The third-order valence-electron chi connectivity index (χ3n) is 3.12. The summed E-state index contributed by atoms with van der Waals surface area (Å²) in [5, 5.41) is 4.85. The fourth-order valence-electron chi connectivity index (χ4n) is 2.21. The summed E-state index contributed by atoms with van der Waals surface area (Å²) >= 11 is 0. The van der Waals surface area contributed by atoms with Crippen molar-refractivity contribution in [3.63, 3.8) is 0 Å². The van der Waals surface area contributed by atoms with Crippen molar-refractivity contribution in [1.82, 2.24) is 14.8 Å². The minimum absolute atomic E-state index is 0.0108. The highest BCUT2D eigenvalue weighted by atomic mass is 19.4. The van der Waals surface area contributed by atoms with Crippen molar-refractivity contribution in [2.24, 2.45) is 0 Å². The molecule has 24 heavy (non-hydrogen) atoms. The molecule has 1 N–H and O–H groups in total. The van der Waals surface area contributed by atoms with Gasteiger partial charge in [-0.1, -0.05) is 18.2 Å². The van der Waals surface area contributed by atoms with Crippen molar-refractivity contribution in [2.45, 2.75) is 39.0 Å². The lowest BCUT2D eigenvalue weighted by Crippen LogP contribution is -2.23. The van der Waals surface area contributed by atoms with Crippen LogP contribution < -0.4 is 5.69 Å². The summed E-state index contributed by atoms with van der Waals surface area (Å²) in [4.78, 5) is 23.4. The highest BCUT2D eigenvalue weighted by molar-refractivity contribution is 5.70. The van der Waals surface area contributed by atoms with E-state index in [4.69, 9.17) is 4.74 Å². The van der Waals surface area contributed by atoms with Gasteiger partial charge in [-0.15, -0.1) is 5.10 Å².